The van der Waals surface area contributed by atoms with Crippen molar-refractivity contribution in [2.24, 2.45) is 0 Å². The van der Waals surface area contributed by atoms with Crippen LogP contribution < -0.4 is 10.6 Å². The van der Waals surface area contributed by atoms with E-state index in [9.17, 15) is 13.2 Å². The number of anilines is 1. The van der Waals surface area contributed by atoms with Gasteiger partial charge in [0, 0.05) is 26.7 Å². The Kier molecular flexibility index (Phi) is 6.36. The van der Waals surface area contributed by atoms with Crippen LogP contribution in [0.4, 0.5) is 10.6 Å². The zero-order chi connectivity index (χ0) is 16.9. The van der Waals surface area contributed by atoms with Crippen LogP contribution in [-0.4, -0.2) is 54.9 Å². The number of aromatic nitrogens is 2. The highest BCUT2D eigenvalue weighted by Crippen LogP contribution is 2.18. The Hall–Kier alpha value is -1.61. The Labute approximate surface area is 131 Å². The smallest absolute Gasteiger partial charge is 0.320 e. The van der Waals surface area contributed by atoms with Crippen LogP contribution in [-0.2, 0) is 10.0 Å². The summed E-state index contributed by atoms with van der Waals surface area (Å²) in [7, 11) is -0.393. The fourth-order valence-corrected chi connectivity index (χ4v) is 2.48. The van der Waals surface area contributed by atoms with Crippen LogP contribution in [0.25, 0.3) is 0 Å². The van der Waals surface area contributed by atoms with Gasteiger partial charge in [-0.05, 0) is 20.3 Å². The molecule has 0 aliphatic carbocycles. The minimum absolute atomic E-state index is 0.0444. The SMILES string of the molecule is CCC(C)n1nc(C)cc1NC(=O)NCCS(=O)(=O)N(C)C. The molecule has 1 aromatic rings. The largest absolute Gasteiger partial charge is 0.337 e. The summed E-state index contributed by atoms with van der Waals surface area (Å²) in [5.41, 5.74) is 0.811. The molecule has 0 aliphatic rings. The monoisotopic (exact) mass is 331 g/mol. The van der Waals surface area contributed by atoms with Gasteiger partial charge in [0.05, 0.1) is 17.5 Å². The normalized spacial score (nSPS) is 13.2. The predicted octanol–water partition coefficient (Wildman–Crippen LogP) is 1.18. The average Bonchev–Trinajstić information content (AvgIpc) is 2.78. The minimum Gasteiger partial charge on any atom is -0.337 e. The molecule has 0 fully saturated rings. The molecule has 0 saturated heterocycles. The molecule has 1 heterocycles. The minimum atomic E-state index is -3.31. The van der Waals surface area contributed by atoms with Crippen LogP contribution in [0.15, 0.2) is 6.07 Å². The first-order chi connectivity index (χ1) is 10.2. The van der Waals surface area contributed by atoms with Gasteiger partial charge in [-0.15, -0.1) is 0 Å². The second-order valence-electron chi connectivity index (χ2n) is 5.35. The van der Waals surface area contributed by atoms with Crippen LogP contribution in [0.2, 0.25) is 0 Å². The highest BCUT2D eigenvalue weighted by atomic mass is 32.2. The maximum atomic E-state index is 11.9. The molecule has 1 unspecified atom stereocenters. The van der Waals surface area contributed by atoms with Crippen molar-refractivity contribution in [2.75, 3.05) is 31.7 Å². The van der Waals surface area contributed by atoms with Crippen molar-refractivity contribution in [2.45, 2.75) is 33.2 Å². The van der Waals surface area contributed by atoms with Crippen molar-refractivity contribution < 1.29 is 13.2 Å². The van der Waals surface area contributed by atoms with E-state index in [2.05, 4.69) is 15.7 Å². The Balaban J connectivity index is 2.60. The Morgan fingerprint density at radius 1 is 1.45 bits per heavy atom. The van der Waals surface area contributed by atoms with E-state index in [0.717, 1.165) is 16.4 Å². The summed E-state index contributed by atoms with van der Waals surface area (Å²) in [5.74, 6) is 0.455. The molecule has 0 saturated carbocycles. The number of rotatable bonds is 7. The second kappa shape index (κ2) is 7.59. The maximum absolute atomic E-state index is 11.9. The molecular weight excluding hydrogens is 306 g/mol. The third-order valence-corrected chi connectivity index (χ3v) is 5.14. The molecule has 0 radical (unpaired) electrons. The van der Waals surface area contributed by atoms with Gasteiger partial charge in [0.25, 0.3) is 0 Å². The van der Waals surface area contributed by atoms with Gasteiger partial charge in [-0.3, -0.25) is 5.32 Å². The highest BCUT2D eigenvalue weighted by Gasteiger charge is 2.15. The van der Waals surface area contributed by atoms with E-state index >= 15 is 0 Å². The molecule has 9 heteroatoms. The van der Waals surface area contributed by atoms with Gasteiger partial charge in [0.2, 0.25) is 10.0 Å². The fourth-order valence-electron chi connectivity index (χ4n) is 1.76. The summed E-state index contributed by atoms with van der Waals surface area (Å²) < 4.78 is 26.1. The lowest BCUT2D eigenvalue weighted by molar-refractivity contribution is 0.252. The highest BCUT2D eigenvalue weighted by molar-refractivity contribution is 7.89. The predicted molar refractivity (Wildman–Crippen MR) is 86.5 cm³/mol. The quantitative estimate of drug-likeness (QED) is 0.784. The standard InChI is InChI=1S/C13H25N5O3S/c1-6-11(3)18-12(9-10(2)16-18)15-13(19)14-7-8-22(20,21)17(4)5/h9,11H,6-8H2,1-5H3,(H2,14,15,19). The lowest BCUT2D eigenvalue weighted by Gasteiger charge is -2.15. The Bertz CT molecular complexity index is 609. The van der Waals surface area contributed by atoms with Crippen LogP contribution in [0, 0.1) is 6.92 Å². The molecule has 8 nitrogen and oxygen atoms in total. The van der Waals surface area contributed by atoms with E-state index in [4.69, 9.17) is 0 Å². The molecule has 0 bridgehead atoms. The summed E-state index contributed by atoms with van der Waals surface area (Å²) in [6.45, 7) is 5.95. The van der Waals surface area contributed by atoms with E-state index in [-0.39, 0.29) is 18.3 Å². The van der Waals surface area contributed by atoms with Crippen molar-refractivity contribution in [1.29, 1.82) is 0 Å². The third kappa shape index (κ3) is 4.99. The third-order valence-electron chi connectivity index (χ3n) is 3.31. The second-order valence-corrected chi connectivity index (χ2v) is 7.65. The van der Waals surface area contributed by atoms with Crippen molar-refractivity contribution in [3.05, 3.63) is 11.8 Å². The van der Waals surface area contributed by atoms with Crippen molar-refractivity contribution in [1.82, 2.24) is 19.4 Å². The van der Waals surface area contributed by atoms with Crippen LogP contribution >= 0.6 is 0 Å². The summed E-state index contributed by atoms with van der Waals surface area (Å²) in [6, 6.07) is 1.50. The lowest BCUT2D eigenvalue weighted by atomic mass is 10.3. The van der Waals surface area contributed by atoms with Gasteiger partial charge >= 0.3 is 6.03 Å². The number of aryl methyl sites for hydroxylation is 1. The number of hydrogen-bond donors (Lipinski definition) is 2. The maximum Gasteiger partial charge on any atom is 0.320 e. The van der Waals surface area contributed by atoms with Crippen LogP contribution in [0.1, 0.15) is 32.0 Å². The number of sulfonamides is 1. The first-order valence-corrected chi connectivity index (χ1v) is 8.79. The zero-order valence-corrected chi connectivity index (χ0v) is 14.6. The van der Waals surface area contributed by atoms with Crippen LogP contribution in [0.5, 0.6) is 0 Å². The molecular formula is C13H25N5O3S. The van der Waals surface area contributed by atoms with Gasteiger partial charge in [-0.1, -0.05) is 6.92 Å². The number of urea groups is 1. The number of nitrogens with zero attached hydrogens (tertiary/aromatic N) is 3. The Morgan fingerprint density at radius 2 is 2.09 bits per heavy atom. The molecule has 0 spiro atoms. The van der Waals surface area contributed by atoms with Gasteiger partial charge in [-0.2, -0.15) is 5.10 Å². The molecule has 1 aromatic heterocycles. The summed E-state index contributed by atoms with van der Waals surface area (Å²) in [6.07, 6.45) is 0.887. The summed E-state index contributed by atoms with van der Waals surface area (Å²) in [5, 5.41) is 9.59. The van der Waals surface area contributed by atoms with E-state index < -0.39 is 16.1 Å². The van der Waals surface area contributed by atoms with E-state index in [0.29, 0.717) is 5.82 Å². The topological polar surface area (TPSA) is 96.3 Å². The first-order valence-electron chi connectivity index (χ1n) is 7.18. The van der Waals surface area contributed by atoms with E-state index in [1.54, 1.807) is 10.7 Å². The summed E-state index contributed by atoms with van der Waals surface area (Å²) in [4.78, 5) is 11.9. The average molecular weight is 331 g/mol. The number of nitrogens with one attached hydrogen (secondary N) is 2. The molecule has 22 heavy (non-hydrogen) atoms. The molecule has 1 rings (SSSR count). The number of carbonyl (C=O) groups is 1. The Morgan fingerprint density at radius 3 is 2.64 bits per heavy atom. The molecule has 2 amide bonds. The number of carbonyl (C=O) groups excluding carboxylic acids is 1. The first kappa shape index (κ1) is 18.4. The molecule has 126 valence electrons. The molecule has 0 aliphatic heterocycles. The number of amides is 2. The molecule has 1 atom stereocenters. The van der Waals surface area contributed by atoms with Crippen LogP contribution in [0.3, 0.4) is 0 Å². The van der Waals surface area contributed by atoms with Gasteiger partial charge < -0.3 is 5.32 Å². The molecule has 0 aromatic carbocycles. The van der Waals surface area contributed by atoms with E-state index in [1.165, 1.54) is 14.1 Å². The molecule has 2 N–H and O–H groups in total. The van der Waals surface area contributed by atoms with Gasteiger partial charge in [0.1, 0.15) is 5.82 Å². The fraction of sp³-hybridized carbons (Fsp3) is 0.692. The van der Waals surface area contributed by atoms with Gasteiger partial charge in [-0.25, -0.2) is 22.2 Å². The zero-order valence-electron chi connectivity index (χ0n) is 13.8. The summed E-state index contributed by atoms with van der Waals surface area (Å²) >= 11 is 0. The van der Waals surface area contributed by atoms with Crippen molar-refractivity contribution in [3.8, 4) is 0 Å². The lowest BCUT2D eigenvalue weighted by Crippen LogP contribution is -2.36. The van der Waals surface area contributed by atoms with Crippen molar-refractivity contribution in [3.63, 3.8) is 0 Å². The van der Waals surface area contributed by atoms with E-state index in [1.807, 2.05) is 20.8 Å². The van der Waals surface area contributed by atoms with Crippen molar-refractivity contribution >= 4 is 21.9 Å². The van der Waals surface area contributed by atoms with Gasteiger partial charge in [0.15, 0.2) is 0 Å². The number of hydrogen-bond acceptors (Lipinski definition) is 4.